The number of unbranched alkanes of at least 4 members (excludes halogenated alkanes) is 6. The minimum absolute atomic E-state index is 0.312. The zero-order valence-corrected chi connectivity index (χ0v) is 12.3. The van der Waals surface area contributed by atoms with Gasteiger partial charge >= 0.3 is 5.91 Å². The number of allylic oxidation sites excluding steroid dienone is 1. The number of amides is 1. The summed E-state index contributed by atoms with van der Waals surface area (Å²) in [6, 6.07) is 0. The van der Waals surface area contributed by atoms with Crippen LogP contribution in [-0.4, -0.2) is 37.6 Å². The monoisotopic (exact) mass is 255 g/mol. The molecular weight excluding hydrogens is 224 g/mol. The number of carbonyl (C=O) groups is 1. The molecule has 0 aliphatic heterocycles. The number of hydrogen-bond donors (Lipinski definition) is 1. The van der Waals surface area contributed by atoms with E-state index in [1.165, 1.54) is 32.1 Å². The van der Waals surface area contributed by atoms with Crippen LogP contribution in [0.25, 0.3) is 0 Å². The first-order valence-corrected chi connectivity index (χ1v) is 7.22. The Hall–Kier alpha value is -0.670. The van der Waals surface area contributed by atoms with E-state index in [0.717, 1.165) is 19.4 Å². The van der Waals surface area contributed by atoms with E-state index in [9.17, 15) is 4.79 Å². The molecule has 0 fully saturated rings. The maximum Gasteiger partial charge on any atom is 0.313 e. The standard InChI is InChI=1S/C15H31N2O/c1-4-5-6-7-8-9-10-11-12-15(18)17(2,3)14-13-16/h4H,1,5-14,16H2,2-3H3/q+1. The lowest BCUT2D eigenvalue weighted by Crippen LogP contribution is -2.48. The van der Waals surface area contributed by atoms with Crippen molar-refractivity contribution in [2.75, 3.05) is 27.2 Å². The molecule has 0 rings (SSSR count). The van der Waals surface area contributed by atoms with Gasteiger partial charge in [-0.05, 0) is 19.3 Å². The first kappa shape index (κ1) is 17.3. The van der Waals surface area contributed by atoms with E-state index in [0.29, 0.717) is 23.4 Å². The Labute approximate surface area is 113 Å². The molecule has 0 unspecified atom stereocenters. The van der Waals surface area contributed by atoms with Gasteiger partial charge in [-0.15, -0.1) is 6.58 Å². The van der Waals surface area contributed by atoms with E-state index in [1.54, 1.807) is 0 Å². The molecule has 2 N–H and O–H groups in total. The van der Waals surface area contributed by atoms with Gasteiger partial charge in [0.15, 0.2) is 0 Å². The molecule has 0 saturated heterocycles. The van der Waals surface area contributed by atoms with Crippen LogP contribution in [0, 0.1) is 0 Å². The fraction of sp³-hybridized carbons (Fsp3) is 0.800. The number of hydrogen-bond acceptors (Lipinski definition) is 2. The van der Waals surface area contributed by atoms with Crippen molar-refractivity contribution in [3.63, 3.8) is 0 Å². The van der Waals surface area contributed by atoms with Gasteiger partial charge in [-0.1, -0.05) is 31.8 Å². The maximum absolute atomic E-state index is 11.9. The van der Waals surface area contributed by atoms with Crippen LogP contribution in [0.1, 0.15) is 51.4 Å². The molecule has 1 amide bonds. The summed E-state index contributed by atoms with van der Waals surface area (Å²) in [5.74, 6) is 0.312. The van der Waals surface area contributed by atoms with E-state index in [-0.39, 0.29) is 0 Å². The van der Waals surface area contributed by atoms with E-state index >= 15 is 0 Å². The highest BCUT2D eigenvalue weighted by atomic mass is 16.2. The zero-order chi connectivity index (χ0) is 13.9. The lowest BCUT2D eigenvalue weighted by atomic mass is 10.1. The van der Waals surface area contributed by atoms with Crippen molar-refractivity contribution < 1.29 is 9.28 Å². The minimum atomic E-state index is 0.312. The molecule has 18 heavy (non-hydrogen) atoms. The molecule has 0 bridgehead atoms. The lowest BCUT2D eigenvalue weighted by Gasteiger charge is -2.26. The van der Waals surface area contributed by atoms with Crippen molar-refractivity contribution in [2.24, 2.45) is 5.73 Å². The lowest BCUT2D eigenvalue weighted by molar-refractivity contribution is -0.812. The second-order valence-corrected chi connectivity index (χ2v) is 5.54. The Bertz CT molecular complexity index is 237. The Kier molecular flexibility index (Phi) is 9.89. The number of rotatable bonds is 11. The van der Waals surface area contributed by atoms with Crippen LogP contribution in [0.4, 0.5) is 0 Å². The van der Waals surface area contributed by atoms with Crippen molar-refractivity contribution in [2.45, 2.75) is 51.4 Å². The van der Waals surface area contributed by atoms with Crippen molar-refractivity contribution in [1.82, 2.24) is 0 Å². The average Bonchev–Trinajstić information content (AvgIpc) is 2.32. The van der Waals surface area contributed by atoms with Gasteiger partial charge in [0.05, 0.1) is 27.1 Å². The molecule has 106 valence electrons. The van der Waals surface area contributed by atoms with Crippen LogP contribution < -0.4 is 5.73 Å². The Morgan fingerprint density at radius 1 is 1.11 bits per heavy atom. The number of carbonyl (C=O) groups excluding carboxylic acids is 1. The van der Waals surface area contributed by atoms with Crippen LogP contribution in [-0.2, 0) is 4.79 Å². The van der Waals surface area contributed by atoms with Crippen LogP contribution in [0.2, 0.25) is 0 Å². The largest absolute Gasteiger partial charge is 0.326 e. The summed E-state index contributed by atoms with van der Waals surface area (Å²) in [6.07, 6.45) is 11.1. The van der Waals surface area contributed by atoms with E-state index in [4.69, 9.17) is 5.73 Å². The van der Waals surface area contributed by atoms with Crippen molar-refractivity contribution in [3.05, 3.63) is 12.7 Å². The molecule has 0 aromatic heterocycles. The number of nitrogens with zero attached hydrogens (tertiary/aromatic N) is 1. The van der Waals surface area contributed by atoms with Gasteiger partial charge in [-0.2, -0.15) is 0 Å². The Morgan fingerprint density at radius 2 is 1.67 bits per heavy atom. The molecular formula is C15H31N2O+. The van der Waals surface area contributed by atoms with E-state index in [1.807, 2.05) is 20.2 Å². The highest BCUT2D eigenvalue weighted by molar-refractivity contribution is 5.68. The molecule has 0 radical (unpaired) electrons. The average molecular weight is 255 g/mol. The van der Waals surface area contributed by atoms with E-state index in [2.05, 4.69) is 6.58 Å². The zero-order valence-electron chi connectivity index (χ0n) is 12.3. The van der Waals surface area contributed by atoms with Crippen molar-refractivity contribution in [1.29, 1.82) is 0 Å². The van der Waals surface area contributed by atoms with Gasteiger partial charge in [0.1, 0.15) is 0 Å². The molecule has 0 aromatic rings. The summed E-state index contributed by atoms with van der Waals surface area (Å²) >= 11 is 0. The second kappa shape index (κ2) is 10.3. The minimum Gasteiger partial charge on any atom is -0.326 e. The van der Waals surface area contributed by atoms with Gasteiger partial charge in [0.25, 0.3) is 0 Å². The summed E-state index contributed by atoms with van der Waals surface area (Å²) in [5, 5.41) is 0. The third-order valence-corrected chi connectivity index (χ3v) is 3.41. The maximum atomic E-state index is 11.9. The first-order valence-electron chi connectivity index (χ1n) is 7.22. The van der Waals surface area contributed by atoms with Crippen molar-refractivity contribution >= 4 is 5.91 Å². The van der Waals surface area contributed by atoms with Gasteiger partial charge in [-0.3, -0.25) is 4.48 Å². The third kappa shape index (κ3) is 8.43. The van der Waals surface area contributed by atoms with Crippen LogP contribution >= 0.6 is 0 Å². The Morgan fingerprint density at radius 3 is 2.22 bits per heavy atom. The fourth-order valence-corrected chi connectivity index (χ4v) is 2.02. The topological polar surface area (TPSA) is 43.1 Å². The highest BCUT2D eigenvalue weighted by Gasteiger charge is 2.24. The SMILES string of the molecule is C=CCCCCCCCCC(=O)[N+](C)(C)CCN. The predicted octanol–water partition coefficient (Wildman–Crippen LogP) is 2.85. The summed E-state index contributed by atoms with van der Waals surface area (Å²) in [4.78, 5) is 11.9. The van der Waals surface area contributed by atoms with Gasteiger partial charge in [0.2, 0.25) is 0 Å². The van der Waals surface area contributed by atoms with Crippen LogP contribution in [0.3, 0.4) is 0 Å². The summed E-state index contributed by atoms with van der Waals surface area (Å²) in [6.45, 7) is 5.03. The molecule has 0 saturated carbocycles. The summed E-state index contributed by atoms with van der Waals surface area (Å²) < 4.78 is 0.426. The highest BCUT2D eigenvalue weighted by Crippen LogP contribution is 2.11. The van der Waals surface area contributed by atoms with Gasteiger partial charge in [-0.25, -0.2) is 4.79 Å². The predicted molar refractivity (Wildman–Crippen MR) is 78.2 cm³/mol. The first-order chi connectivity index (χ1) is 8.54. The van der Waals surface area contributed by atoms with Crippen LogP contribution in [0.5, 0.6) is 0 Å². The third-order valence-electron chi connectivity index (χ3n) is 3.41. The summed E-state index contributed by atoms with van der Waals surface area (Å²) in [7, 11) is 3.90. The molecule has 0 spiro atoms. The molecule has 0 aliphatic rings. The molecule has 0 heterocycles. The quantitative estimate of drug-likeness (QED) is 0.350. The number of nitrogens with two attached hydrogens (primary N) is 1. The summed E-state index contributed by atoms with van der Waals surface area (Å²) in [5.41, 5.74) is 5.51. The number of quaternary nitrogens is 1. The molecule has 0 atom stereocenters. The molecule has 3 nitrogen and oxygen atoms in total. The fourth-order valence-electron chi connectivity index (χ4n) is 2.02. The second-order valence-electron chi connectivity index (χ2n) is 5.54. The van der Waals surface area contributed by atoms with Crippen LogP contribution in [0.15, 0.2) is 12.7 Å². The normalized spacial score (nSPS) is 11.5. The number of likely N-dealkylation sites (N-methyl/N-ethyl adjacent to an activating group) is 1. The molecule has 3 heteroatoms. The van der Waals surface area contributed by atoms with Gasteiger partial charge < -0.3 is 5.73 Å². The molecule has 0 aromatic carbocycles. The van der Waals surface area contributed by atoms with Gasteiger partial charge in [0, 0.05) is 6.54 Å². The van der Waals surface area contributed by atoms with Crippen molar-refractivity contribution in [3.8, 4) is 0 Å². The Balaban J connectivity index is 3.48. The smallest absolute Gasteiger partial charge is 0.313 e. The molecule has 0 aliphatic carbocycles. The van der Waals surface area contributed by atoms with E-state index < -0.39 is 0 Å².